The summed E-state index contributed by atoms with van der Waals surface area (Å²) >= 11 is 6.18. The summed E-state index contributed by atoms with van der Waals surface area (Å²) in [5.74, 6) is 1.47. The second-order valence-corrected chi connectivity index (χ2v) is 6.88. The van der Waals surface area contributed by atoms with E-state index in [0.717, 1.165) is 31.1 Å². The summed E-state index contributed by atoms with van der Waals surface area (Å²) in [6.45, 7) is 9.60. The van der Waals surface area contributed by atoms with Crippen LogP contribution in [0.1, 0.15) is 20.8 Å². The highest BCUT2D eigenvalue weighted by molar-refractivity contribution is 6.32. The predicted molar refractivity (Wildman–Crippen MR) is 88.0 cm³/mol. The fourth-order valence-corrected chi connectivity index (χ4v) is 2.87. The van der Waals surface area contributed by atoms with Crippen molar-refractivity contribution in [3.63, 3.8) is 0 Å². The molecule has 1 aromatic carbocycles. The Labute approximate surface area is 132 Å². The summed E-state index contributed by atoms with van der Waals surface area (Å²) in [6.07, 6.45) is 0. The van der Waals surface area contributed by atoms with Gasteiger partial charge in [-0.1, -0.05) is 32.4 Å². The molecule has 1 aromatic rings. The van der Waals surface area contributed by atoms with Crippen LogP contribution in [0.25, 0.3) is 0 Å². The zero-order valence-electron chi connectivity index (χ0n) is 13.5. The number of benzene rings is 1. The van der Waals surface area contributed by atoms with E-state index in [1.807, 2.05) is 12.1 Å². The summed E-state index contributed by atoms with van der Waals surface area (Å²) in [4.78, 5) is 2.34. The van der Waals surface area contributed by atoms with Crippen molar-refractivity contribution in [2.45, 2.75) is 26.8 Å². The molecule has 0 amide bonds. The summed E-state index contributed by atoms with van der Waals surface area (Å²) in [7, 11) is 3.30. The van der Waals surface area contributed by atoms with Crippen molar-refractivity contribution in [2.75, 3.05) is 38.8 Å². The summed E-state index contributed by atoms with van der Waals surface area (Å²) in [5.41, 5.74) is 1.25. The monoisotopic (exact) mass is 312 g/mol. The molecule has 1 aliphatic rings. The Morgan fingerprint density at radius 3 is 2.43 bits per heavy atom. The molecule has 5 heteroatoms. The van der Waals surface area contributed by atoms with Gasteiger partial charge in [0.2, 0.25) is 0 Å². The summed E-state index contributed by atoms with van der Waals surface area (Å²) in [5, 5.41) is 4.17. The van der Waals surface area contributed by atoms with Crippen LogP contribution < -0.4 is 19.7 Å². The lowest BCUT2D eigenvalue weighted by molar-refractivity contribution is 0.253. The van der Waals surface area contributed by atoms with Crippen LogP contribution in [0.2, 0.25) is 5.02 Å². The van der Waals surface area contributed by atoms with Crippen molar-refractivity contribution >= 4 is 17.3 Å². The minimum absolute atomic E-state index is 0.211. The normalized spacial score (nSPS) is 19.5. The molecule has 0 radical (unpaired) electrons. The fourth-order valence-electron chi connectivity index (χ4n) is 2.64. The van der Waals surface area contributed by atoms with Gasteiger partial charge in [-0.15, -0.1) is 0 Å². The lowest BCUT2D eigenvalue weighted by Gasteiger charge is -2.41. The van der Waals surface area contributed by atoms with E-state index in [4.69, 9.17) is 21.1 Å². The van der Waals surface area contributed by atoms with Gasteiger partial charge >= 0.3 is 0 Å². The lowest BCUT2D eigenvalue weighted by atomic mass is 9.85. The van der Waals surface area contributed by atoms with Crippen molar-refractivity contribution in [3.05, 3.63) is 17.2 Å². The minimum Gasteiger partial charge on any atom is -0.495 e. The molecule has 0 saturated carbocycles. The summed E-state index contributed by atoms with van der Waals surface area (Å²) < 4.78 is 10.8. The Morgan fingerprint density at radius 2 is 1.86 bits per heavy atom. The molecule has 1 N–H and O–H groups in total. The molecule has 1 aliphatic heterocycles. The van der Waals surface area contributed by atoms with Gasteiger partial charge < -0.3 is 19.7 Å². The summed E-state index contributed by atoms with van der Waals surface area (Å²) in [6, 6.07) is 4.22. The molecule has 4 nitrogen and oxygen atoms in total. The molecule has 0 aliphatic carbocycles. The van der Waals surface area contributed by atoms with Gasteiger partial charge in [0.05, 0.1) is 24.9 Å². The minimum atomic E-state index is 0.211. The van der Waals surface area contributed by atoms with Crippen LogP contribution in [-0.2, 0) is 0 Å². The van der Waals surface area contributed by atoms with Crippen LogP contribution in [0.4, 0.5) is 5.69 Å². The third kappa shape index (κ3) is 3.55. The molecule has 0 aromatic heterocycles. The lowest BCUT2D eigenvalue weighted by Crippen LogP contribution is -2.56. The third-order valence-corrected chi connectivity index (χ3v) is 4.31. The Bertz CT molecular complexity index is 500. The van der Waals surface area contributed by atoms with Crippen molar-refractivity contribution in [1.82, 2.24) is 5.32 Å². The smallest absolute Gasteiger partial charge is 0.143 e. The number of nitrogens with zero attached hydrogens (tertiary/aromatic N) is 1. The highest BCUT2D eigenvalue weighted by atomic mass is 35.5. The van der Waals surface area contributed by atoms with E-state index in [2.05, 4.69) is 31.0 Å². The zero-order valence-corrected chi connectivity index (χ0v) is 14.3. The maximum absolute atomic E-state index is 6.18. The van der Waals surface area contributed by atoms with Gasteiger partial charge in [-0.05, 0) is 5.41 Å². The second-order valence-electron chi connectivity index (χ2n) is 6.48. The predicted octanol–water partition coefficient (Wildman–Crippen LogP) is 3.18. The van der Waals surface area contributed by atoms with Gasteiger partial charge in [0.1, 0.15) is 11.5 Å². The molecule has 118 valence electrons. The molecule has 1 saturated heterocycles. The van der Waals surface area contributed by atoms with Gasteiger partial charge in [0, 0.05) is 37.8 Å². The van der Waals surface area contributed by atoms with Crippen molar-refractivity contribution in [3.8, 4) is 11.5 Å². The molecule has 0 spiro atoms. The van der Waals surface area contributed by atoms with Crippen molar-refractivity contribution < 1.29 is 9.47 Å². The third-order valence-electron chi connectivity index (χ3n) is 4.01. The SMILES string of the molecule is COc1cc(N2CCNC(C(C)(C)C)C2)c(OC)cc1Cl. The Kier molecular flexibility index (Phi) is 4.89. The molecule has 1 heterocycles. The molecule has 0 bridgehead atoms. The van der Waals surface area contributed by atoms with E-state index in [0.29, 0.717) is 16.8 Å². The number of halogens is 1. The molecular weight excluding hydrogens is 288 g/mol. The van der Waals surface area contributed by atoms with Gasteiger partial charge in [0.25, 0.3) is 0 Å². The van der Waals surface area contributed by atoms with E-state index in [9.17, 15) is 0 Å². The Balaban J connectivity index is 2.32. The average molecular weight is 313 g/mol. The van der Waals surface area contributed by atoms with Crippen LogP contribution in [-0.4, -0.2) is 39.9 Å². The van der Waals surface area contributed by atoms with E-state index in [1.54, 1.807) is 14.2 Å². The molecular formula is C16H25ClN2O2. The quantitative estimate of drug-likeness (QED) is 0.929. The van der Waals surface area contributed by atoms with Gasteiger partial charge in [-0.2, -0.15) is 0 Å². The highest BCUT2D eigenvalue weighted by Crippen LogP contribution is 2.39. The Hall–Kier alpha value is -1.13. The van der Waals surface area contributed by atoms with Crippen LogP contribution >= 0.6 is 11.6 Å². The van der Waals surface area contributed by atoms with Gasteiger partial charge in [0.15, 0.2) is 0 Å². The van der Waals surface area contributed by atoms with E-state index >= 15 is 0 Å². The standard InChI is InChI=1S/C16H25ClN2O2/c1-16(2,3)15-10-19(7-6-18-15)12-9-13(20-4)11(17)8-14(12)21-5/h8-9,15,18H,6-7,10H2,1-5H3. The number of nitrogens with one attached hydrogen (secondary N) is 1. The molecule has 1 unspecified atom stereocenters. The molecule has 21 heavy (non-hydrogen) atoms. The first kappa shape index (κ1) is 16.2. The van der Waals surface area contributed by atoms with Gasteiger partial charge in [-0.25, -0.2) is 0 Å². The molecule has 1 atom stereocenters. The van der Waals surface area contributed by atoms with Crippen LogP contribution in [0.15, 0.2) is 12.1 Å². The van der Waals surface area contributed by atoms with Crippen LogP contribution in [0.5, 0.6) is 11.5 Å². The maximum Gasteiger partial charge on any atom is 0.143 e. The van der Waals surface area contributed by atoms with E-state index < -0.39 is 0 Å². The van der Waals surface area contributed by atoms with Crippen molar-refractivity contribution in [1.29, 1.82) is 0 Å². The number of methoxy groups -OCH3 is 2. The first-order valence-electron chi connectivity index (χ1n) is 7.26. The number of rotatable bonds is 3. The number of hydrogen-bond acceptors (Lipinski definition) is 4. The molecule has 2 rings (SSSR count). The average Bonchev–Trinajstić information content (AvgIpc) is 2.46. The van der Waals surface area contributed by atoms with Crippen LogP contribution in [0, 0.1) is 5.41 Å². The second kappa shape index (κ2) is 6.32. The topological polar surface area (TPSA) is 33.7 Å². The highest BCUT2D eigenvalue weighted by Gasteiger charge is 2.30. The van der Waals surface area contributed by atoms with Gasteiger partial charge in [-0.3, -0.25) is 0 Å². The fraction of sp³-hybridized carbons (Fsp3) is 0.625. The molecule has 1 fully saturated rings. The number of anilines is 1. The number of hydrogen-bond donors (Lipinski definition) is 1. The Morgan fingerprint density at radius 1 is 1.19 bits per heavy atom. The van der Waals surface area contributed by atoms with Crippen LogP contribution in [0.3, 0.4) is 0 Å². The number of piperazine rings is 1. The first-order chi connectivity index (χ1) is 9.86. The zero-order chi connectivity index (χ0) is 15.6. The first-order valence-corrected chi connectivity index (χ1v) is 7.64. The van der Waals surface area contributed by atoms with E-state index in [-0.39, 0.29) is 5.41 Å². The maximum atomic E-state index is 6.18. The number of ether oxygens (including phenoxy) is 2. The van der Waals surface area contributed by atoms with Crippen molar-refractivity contribution in [2.24, 2.45) is 5.41 Å². The van der Waals surface area contributed by atoms with E-state index in [1.165, 1.54) is 0 Å². The largest absolute Gasteiger partial charge is 0.495 e.